The summed E-state index contributed by atoms with van der Waals surface area (Å²) in [5.41, 5.74) is 4.80. The molecule has 0 saturated heterocycles. The van der Waals surface area contributed by atoms with E-state index in [0.29, 0.717) is 6.79 Å². The zero-order valence-electron chi connectivity index (χ0n) is 13.4. The molecule has 5 heteroatoms. The van der Waals surface area contributed by atoms with Crippen LogP contribution in [0, 0.1) is 0 Å². The third-order valence-electron chi connectivity index (χ3n) is 4.79. The Morgan fingerprint density at radius 1 is 0.958 bits per heavy atom. The van der Waals surface area contributed by atoms with E-state index in [9.17, 15) is 0 Å². The van der Waals surface area contributed by atoms with Crippen LogP contribution in [0.5, 0.6) is 23.0 Å². The zero-order valence-corrected chi connectivity index (χ0v) is 13.4. The third kappa shape index (κ3) is 1.72. The first-order valence-electron chi connectivity index (χ1n) is 7.80. The molecule has 0 radical (unpaired) electrons. The van der Waals surface area contributed by atoms with E-state index in [0.717, 1.165) is 40.5 Å². The van der Waals surface area contributed by atoms with Gasteiger partial charge in [0.25, 0.3) is 0 Å². The lowest BCUT2D eigenvalue weighted by molar-refractivity contribution is -0.362. The maximum Gasteiger partial charge on any atom is 0.231 e. The Hall–Kier alpha value is -2.95. The molecule has 0 atom stereocenters. The van der Waals surface area contributed by atoms with Crippen molar-refractivity contribution in [1.29, 1.82) is 0 Å². The molecule has 2 aliphatic rings. The van der Waals surface area contributed by atoms with Crippen molar-refractivity contribution in [1.82, 2.24) is 0 Å². The van der Waals surface area contributed by atoms with Gasteiger partial charge in [0.2, 0.25) is 12.5 Å². The van der Waals surface area contributed by atoms with E-state index >= 15 is 0 Å². The Balaban J connectivity index is 1.75. The van der Waals surface area contributed by atoms with Gasteiger partial charge in [0.1, 0.15) is 0 Å². The maximum atomic E-state index is 5.52. The van der Waals surface area contributed by atoms with Gasteiger partial charge in [-0.15, -0.1) is 0 Å². The summed E-state index contributed by atoms with van der Waals surface area (Å²) in [6.45, 7) is 0.295. The Labute approximate surface area is 138 Å². The number of aromatic amines is 1. The molecule has 1 aromatic heterocycles. The predicted molar refractivity (Wildman–Crippen MR) is 88.0 cm³/mol. The van der Waals surface area contributed by atoms with Crippen LogP contribution in [0.3, 0.4) is 0 Å². The number of nitrogens with one attached hydrogen (secondary N) is 1. The van der Waals surface area contributed by atoms with E-state index in [1.807, 2.05) is 18.3 Å². The summed E-state index contributed by atoms with van der Waals surface area (Å²) < 4.78 is 21.9. The molecule has 1 aliphatic carbocycles. The molecule has 24 heavy (non-hydrogen) atoms. The Morgan fingerprint density at radius 2 is 1.71 bits per heavy atom. The lowest BCUT2D eigenvalue weighted by atomic mass is 10.0. The number of H-pyrrole nitrogens is 1. The molecule has 3 aromatic rings. The topological polar surface area (TPSA) is 51.1 Å². The predicted octanol–water partition coefficient (Wildman–Crippen LogP) is 2.97. The first-order valence-corrected chi connectivity index (χ1v) is 7.80. The second-order valence-electron chi connectivity index (χ2n) is 5.98. The molecule has 120 valence electrons. The van der Waals surface area contributed by atoms with Gasteiger partial charge in [-0.2, -0.15) is 0 Å². The highest BCUT2D eigenvalue weighted by atomic mass is 16.7. The number of aromatic nitrogens is 1. The molecule has 0 amide bonds. The highest BCUT2D eigenvalue weighted by molar-refractivity contribution is 5.93. The summed E-state index contributed by atoms with van der Waals surface area (Å²) in [7, 11) is 3.31. The number of hydrogen-bond donors (Lipinski definition) is 0. The summed E-state index contributed by atoms with van der Waals surface area (Å²) in [4.78, 5) is 3.44. The van der Waals surface area contributed by atoms with E-state index in [1.165, 1.54) is 22.1 Å². The molecule has 0 fully saturated rings. The van der Waals surface area contributed by atoms with Crippen molar-refractivity contribution >= 4 is 10.8 Å². The van der Waals surface area contributed by atoms with Crippen LogP contribution in [-0.2, 0) is 6.42 Å². The van der Waals surface area contributed by atoms with Crippen molar-refractivity contribution in [2.45, 2.75) is 6.42 Å². The van der Waals surface area contributed by atoms with E-state index < -0.39 is 0 Å². The van der Waals surface area contributed by atoms with E-state index in [2.05, 4.69) is 17.1 Å². The number of ether oxygens (including phenoxy) is 4. The fraction of sp³-hybridized carbons (Fsp3) is 0.211. The van der Waals surface area contributed by atoms with Gasteiger partial charge in [-0.25, -0.2) is 4.98 Å². The van der Waals surface area contributed by atoms with E-state index in [-0.39, 0.29) is 0 Å². The SMILES string of the molecule is COc1cc2c[nH+]c3c(c2cc1OC)Cc1cc2c(cc1-3)OCO2. The normalized spacial score (nSPS) is 13.8. The Kier molecular flexibility index (Phi) is 2.68. The third-order valence-corrected chi connectivity index (χ3v) is 4.79. The van der Waals surface area contributed by atoms with Crippen LogP contribution in [0.4, 0.5) is 0 Å². The lowest BCUT2D eigenvalue weighted by Crippen LogP contribution is -2.07. The van der Waals surface area contributed by atoms with Crippen molar-refractivity contribution in [3.63, 3.8) is 0 Å². The Morgan fingerprint density at radius 3 is 2.50 bits per heavy atom. The molecule has 1 N–H and O–H groups in total. The number of rotatable bonds is 2. The molecule has 5 rings (SSSR count). The van der Waals surface area contributed by atoms with Gasteiger partial charge < -0.3 is 18.9 Å². The molecule has 0 unspecified atom stereocenters. The van der Waals surface area contributed by atoms with Gasteiger partial charge in [-0.05, 0) is 29.8 Å². The largest absolute Gasteiger partial charge is 0.493 e. The van der Waals surface area contributed by atoms with E-state index in [4.69, 9.17) is 18.9 Å². The van der Waals surface area contributed by atoms with Gasteiger partial charge in [0, 0.05) is 22.8 Å². The zero-order chi connectivity index (χ0) is 16.3. The molecule has 1 aliphatic heterocycles. The molecule has 5 nitrogen and oxygen atoms in total. The van der Waals surface area contributed by atoms with Crippen LogP contribution >= 0.6 is 0 Å². The molecule has 0 saturated carbocycles. The average molecular weight is 322 g/mol. The summed E-state index contributed by atoms with van der Waals surface area (Å²) in [5, 5.41) is 2.26. The molecule has 0 bridgehead atoms. The van der Waals surface area contributed by atoms with Gasteiger partial charge in [-0.3, -0.25) is 0 Å². The summed E-state index contributed by atoms with van der Waals surface area (Å²) in [6, 6.07) is 8.19. The van der Waals surface area contributed by atoms with Crippen LogP contribution in [0.15, 0.2) is 30.5 Å². The average Bonchev–Trinajstić information content (AvgIpc) is 3.21. The second kappa shape index (κ2) is 4.77. The number of methoxy groups -OCH3 is 2. The van der Waals surface area contributed by atoms with E-state index in [1.54, 1.807) is 14.2 Å². The minimum atomic E-state index is 0.295. The fourth-order valence-electron chi connectivity index (χ4n) is 3.62. The van der Waals surface area contributed by atoms with Crippen LogP contribution in [0.1, 0.15) is 11.1 Å². The standard InChI is InChI=1S/C19H15NO4/c1-21-15-5-11-8-20-19-13-7-18-17(23-9-24-18)4-10(13)3-14(19)12(11)6-16(15)22-2/h4-8H,3,9H2,1-2H3/p+1. The number of hydrogen-bond acceptors (Lipinski definition) is 4. The van der Waals surface area contributed by atoms with Gasteiger partial charge >= 0.3 is 0 Å². The second-order valence-corrected chi connectivity index (χ2v) is 5.98. The molecular formula is C19H16NO4+. The highest BCUT2D eigenvalue weighted by Gasteiger charge is 2.30. The van der Waals surface area contributed by atoms with Crippen molar-refractivity contribution < 1.29 is 23.9 Å². The van der Waals surface area contributed by atoms with Gasteiger partial charge in [0.15, 0.2) is 29.2 Å². The fourth-order valence-corrected chi connectivity index (χ4v) is 3.62. The Bertz CT molecular complexity index is 997. The van der Waals surface area contributed by atoms with Crippen LogP contribution in [0.2, 0.25) is 0 Å². The minimum Gasteiger partial charge on any atom is -0.493 e. The lowest BCUT2D eigenvalue weighted by Gasteiger charge is -2.09. The van der Waals surface area contributed by atoms with Crippen molar-refractivity contribution in [3.05, 3.63) is 41.6 Å². The monoisotopic (exact) mass is 322 g/mol. The summed E-state index contributed by atoms with van der Waals surface area (Å²) in [6.07, 6.45) is 2.86. The maximum absolute atomic E-state index is 5.52. The first kappa shape index (κ1) is 13.5. The summed E-state index contributed by atoms with van der Waals surface area (Å²) in [5.74, 6) is 3.10. The smallest absolute Gasteiger partial charge is 0.231 e. The van der Waals surface area contributed by atoms with Crippen molar-refractivity contribution in [3.8, 4) is 34.3 Å². The van der Waals surface area contributed by atoms with Gasteiger partial charge in [0.05, 0.1) is 19.8 Å². The van der Waals surface area contributed by atoms with Crippen molar-refractivity contribution in [2.24, 2.45) is 0 Å². The quantitative estimate of drug-likeness (QED) is 0.569. The van der Waals surface area contributed by atoms with Crippen LogP contribution < -0.4 is 23.9 Å². The molecular weight excluding hydrogens is 306 g/mol. The molecule has 0 spiro atoms. The first-order chi connectivity index (χ1) is 11.8. The minimum absolute atomic E-state index is 0.295. The molecule has 2 heterocycles. The van der Waals surface area contributed by atoms with Crippen molar-refractivity contribution in [2.75, 3.05) is 21.0 Å². The number of benzene rings is 2. The van der Waals surface area contributed by atoms with Gasteiger partial charge in [-0.1, -0.05) is 0 Å². The summed E-state index contributed by atoms with van der Waals surface area (Å²) >= 11 is 0. The molecule has 2 aromatic carbocycles. The van der Waals surface area contributed by atoms with Crippen LogP contribution in [0.25, 0.3) is 22.0 Å². The number of fused-ring (bicyclic) bond motifs is 6. The van der Waals surface area contributed by atoms with Crippen LogP contribution in [-0.4, -0.2) is 21.0 Å². The highest BCUT2D eigenvalue weighted by Crippen LogP contribution is 2.45. The number of pyridine rings is 1.